The van der Waals surface area contributed by atoms with E-state index in [1.54, 1.807) is 0 Å². The maximum absolute atomic E-state index is 4.54. The number of nitrogens with zero attached hydrogens (tertiary/aromatic N) is 2. The lowest BCUT2D eigenvalue weighted by molar-refractivity contribution is 0.422. The van der Waals surface area contributed by atoms with Gasteiger partial charge in [0.05, 0.1) is 0 Å². The SMILES string of the molecule is Cc1cnc(N2CCC(C(C)C)C2)cc1C. The molecule has 0 aliphatic carbocycles. The van der Waals surface area contributed by atoms with E-state index in [1.165, 1.54) is 30.6 Å². The Morgan fingerprint density at radius 2 is 2.06 bits per heavy atom. The first-order valence-corrected chi connectivity index (χ1v) is 6.26. The van der Waals surface area contributed by atoms with Crippen LogP contribution in [0.3, 0.4) is 0 Å². The Kier molecular flexibility index (Phi) is 3.17. The minimum atomic E-state index is 0.788. The van der Waals surface area contributed by atoms with E-state index < -0.39 is 0 Å². The molecule has 1 atom stereocenters. The number of pyridine rings is 1. The quantitative estimate of drug-likeness (QED) is 0.758. The standard InChI is InChI=1S/C14H22N2/c1-10(2)13-5-6-16(9-13)14-7-11(3)12(4)8-15-14/h7-8,10,13H,5-6,9H2,1-4H3. The topological polar surface area (TPSA) is 16.1 Å². The number of anilines is 1. The highest BCUT2D eigenvalue weighted by Crippen LogP contribution is 2.27. The average molecular weight is 218 g/mol. The van der Waals surface area contributed by atoms with Gasteiger partial charge in [0.25, 0.3) is 0 Å². The van der Waals surface area contributed by atoms with Crippen molar-refractivity contribution in [1.82, 2.24) is 4.98 Å². The summed E-state index contributed by atoms with van der Waals surface area (Å²) in [7, 11) is 0. The molecule has 0 N–H and O–H groups in total. The molecule has 16 heavy (non-hydrogen) atoms. The van der Waals surface area contributed by atoms with Crippen molar-refractivity contribution < 1.29 is 0 Å². The van der Waals surface area contributed by atoms with E-state index in [0.29, 0.717) is 0 Å². The number of hydrogen-bond acceptors (Lipinski definition) is 2. The minimum absolute atomic E-state index is 0.788. The summed E-state index contributed by atoms with van der Waals surface area (Å²) in [6, 6.07) is 2.22. The predicted molar refractivity (Wildman–Crippen MR) is 68.9 cm³/mol. The summed E-state index contributed by atoms with van der Waals surface area (Å²) in [5.74, 6) is 2.78. The van der Waals surface area contributed by atoms with E-state index >= 15 is 0 Å². The van der Waals surface area contributed by atoms with Gasteiger partial charge in [-0.1, -0.05) is 13.8 Å². The third-order valence-electron chi connectivity index (χ3n) is 3.85. The fourth-order valence-electron chi connectivity index (χ4n) is 2.32. The highest BCUT2D eigenvalue weighted by Gasteiger charge is 2.25. The Bertz CT molecular complexity index is 371. The zero-order chi connectivity index (χ0) is 11.7. The molecule has 1 aliphatic rings. The first-order chi connectivity index (χ1) is 7.58. The van der Waals surface area contributed by atoms with Crippen LogP contribution in [0.1, 0.15) is 31.4 Å². The van der Waals surface area contributed by atoms with Gasteiger partial charge in [-0.25, -0.2) is 4.98 Å². The lowest BCUT2D eigenvalue weighted by atomic mass is 9.95. The van der Waals surface area contributed by atoms with Gasteiger partial charge >= 0.3 is 0 Å². The van der Waals surface area contributed by atoms with Gasteiger partial charge in [-0.2, -0.15) is 0 Å². The molecule has 2 heteroatoms. The minimum Gasteiger partial charge on any atom is -0.356 e. The van der Waals surface area contributed by atoms with Crippen LogP contribution in [0.2, 0.25) is 0 Å². The van der Waals surface area contributed by atoms with Crippen LogP contribution in [0.4, 0.5) is 5.82 Å². The number of hydrogen-bond donors (Lipinski definition) is 0. The van der Waals surface area contributed by atoms with E-state index in [-0.39, 0.29) is 0 Å². The Balaban J connectivity index is 2.11. The van der Waals surface area contributed by atoms with Crippen LogP contribution in [0.25, 0.3) is 0 Å². The molecule has 0 amide bonds. The zero-order valence-corrected chi connectivity index (χ0v) is 10.8. The van der Waals surface area contributed by atoms with Gasteiger partial charge in [-0.15, -0.1) is 0 Å². The molecule has 1 aliphatic heterocycles. The van der Waals surface area contributed by atoms with Crippen LogP contribution >= 0.6 is 0 Å². The second-order valence-electron chi connectivity index (χ2n) is 5.37. The van der Waals surface area contributed by atoms with Gasteiger partial charge < -0.3 is 4.90 Å². The number of rotatable bonds is 2. The predicted octanol–water partition coefficient (Wildman–Crippen LogP) is 3.18. The Labute approximate surface area is 98.7 Å². The average Bonchev–Trinajstić information content (AvgIpc) is 2.71. The van der Waals surface area contributed by atoms with Gasteiger partial charge in [-0.05, 0) is 49.3 Å². The Morgan fingerprint density at radius 3 is 2.62 bits per heavy atom. The molecule has 1 saturated heterocycles. The third kappa shape index (κ3) is 2.21. The molecule has 2 heterocycles. The van der Waals surface area contributed by atoms with Crippen LogP contribution in [-0.4, -0.2) is 18.1 Å². The lowest BCUT2D eigenvalue weighted by Gasteiger charge is -2.19. The smallest absolute Gasteiger partial charge is 0.128 e. The van der Waals surface area contributed by atoms with E-state index in [9.17, 15) is 0 Å². The molecule has 2 rings (SSSR count). The largest absolute Gasteiger partial charge is 0.356 e. The van der Waals surface area contributed by atoms with Crippen LogP contribution in [0, 0.1) is 25.7 Å². The normalized spacial score (nSPS) is 20.8. The zero-order valence-electron chi connectivity index (χ0n) is 10.8. The molecule has 1 aromatic heterocycles. The summed E-state index contributed by atoms with van der Waals surface area (Å²) in [6.07, 6.45) is 3.31. The third-order valence-corrected chi connectivity index (χ3v) is 3.85. The van der Waals surface area contributed by atoms with Gasteiger partial charge in [0.2, 0.25) is 0 Å². The molecular formula is C14H22N2. The van der Waals surface area contributed by atoms with Gasteiger partial charge in [0, 0.05) is 19.3 Å². The van der Waals surface area contributed by atoms with Crippen molar-refractivity contribution >= 4 is 5.82 Å². The molecule has 2 nitrogen and oxygen atoms in total. The van der Waals surface area contributed by atoms with Crippen LogP contribution in [0.15, 0.2) is 12.3 Å². The first-order valence-electron chi connectivity index (χ1n) is 6.26. The van der Waals surface area contributed by atoms with E-state index in [2.05, 4.69) is 43.6 Å². The molecule has 1 fully saturated rings. The Morgan fingerprint density at radius 1 is 1.31 bits per heavy atom. The highest BCUT2D eigenvalue weighted by molar-refractivity contribution is 5.44. The van der Waals surface area contributed by atoms with Gasteiger partial charge in [-0.3, -0.25) is 0 Å². The fraction of sp³-hybridized carbons (Fsp3) is 0.643. The van der Waals surface area contributed by atoms with E-state index in [1.807, 2.05) is 6.20 Å². The Hall–Kier alpha value is -1.05. The molecule has 1 aromatic rings. The number of aryl methyl sites for hydroxylation is 2. The van der Waals surface area contributed by atoms with Crippen molar-refractivity contribution in [2.24, 2.45) is 11.8 Å². The van der Waals surface area contributed by atoms with Crippen LogP contribution < -0.4 is 4.90 Å². The summed E-state index contributed by atoms with van der Waals surface area (Å²) < 4.78 is 0. The van der Waals surface area contributed by atoms with Crippen molar-refractivity contribution in [3.63, 3.8) is 0 Å². The van der Waals surface area contributed by atoms with Crippen molar-refractivity contribution in [2.45, 2.75) is 34.1 Å². The van der Waals surface area contributed by atoms with E-state index in [4.69, 9.17) is 0 Å². The fourth-order valence-corrected chi connectivity index (χ4v) is 2.32. The summed E-state index contributed by atoms with van der Waals surface area (Å²) in [4.78, 5) is 6.97. The molecule has 1 unspecified atom stereocenters. The summed E-state index contributed by atoms with van der Waals surface area (Å²) in [6.45, 7) is 11.3. The monoisotopic (exact) mass is 218 g/mol. The van der Waals surface area contributed by atoms with Crippen LogP contribution in [-0.2, 0) is 0 Å². The maximum Gasteiger partial charge on any atom is 0.128 e. The maximum atomic E-state index is 4.54. The highest BCUT2D eigenvalue weighted by atomic mass is 15.2. The first kappa shape index (κ1) is 11.4. The second-order valence-corrected chi connectivity index (χ2v) is 5.37. The van der Waals surface area contributed by atoms with Crippen LogP contribution in [0.5, 0.6) is 0 Å². The molecule has 0 spiro atoms. The molecule has 0 saturated carbocycles. The molecule has 88 valence electrons. The number of aromatic nitrogens is 1. The van der Waals surface area contributed by atoms with Gasteiger partial charge in [0.1, 0.15) is 5.82 Å². The lowest BCUT2D eigenvalue weighted by Crippen LogP contribution is -2.22. The summed E-state index contributed by atoms with van der Waals surface area (Å²) in [5, 5.41) is 0. The van der Waals surface area contributed by atoms with E-state index in [0.717, 1.165) is 17.7 Å². The molecule has 0 bridgehead atoms. The van der Waals surface area contributed by atoms with Crippen molar-refractivity contribution in [2.75, 3.05) is 18.0 Å². The molecular weight excluding hydrogens is 196 g/mol. The molecule has 0 radical (unpaired) electrons. The van der Waals surface area contributed by atoms with Crippen molar-refractivity contribution in [3.05, 3.63) is 23.4 Å². The second kappa shape index (κ2) is 4.44. The summed E-state index contributed by atoms with van der Waals surface area (Å²) in [5.41, 5.74) is 2.63. The van der Waals surface area contributed by atoms with Crippen molar-refractivity contribution in [3.8, 4) is 0 Å². The summed E-state index contributed by atoms with van der Waals surface area (Å²) >= 11 is 0. The molecule has 0 aromatic carbocycles. The van der Waals surface area contributed by atoms with Crippen molar-refractivity contribution in [1.29, 1.82) is 0 Å². The van der Waals surface area contributed by atoms with Gasteiger partial charge in [0.15, 0.2) is 0 Å².